The molecule has 0 aromatic carbocycles. The van der Waals surface area contributed by atoms with E-state index in [1.807, 2.05) is 0 Å². The number of carboxylic acids is 1. The molecule has 1 aliphatic rings. The van der Waals surface area contributed by atoms with Gasteiger partial charge < -0.3 is 5.11 Å². The van der Waals surface area contributed by atoms with Gasteiger partial charge in [-0.3, -0.25) is 5.01 Å². The molecule has 0 radical (unpaired) electrons. The lowest BCUT2D eigenvalue weighted by Gasteiger charge is -2.32. The van der Waals surface area contributed by atoms with Crippen LogP contribution in [0.3, 0.4) is 0 Å². The highest BCUT2D eigenvalue weighted by Crippen LogP contribution is 2.09. The number of hydrazine groups is 1. The van der Waals surface area contributed by atoms with Crippen LogP contribution in [0.4, 0.5) is 0 Å². The van der Waals surface area contributed by atoms with Gasteiger partial charge in [0.25, 0.3) is 0 Å². The Labute approximate surface area is 71.4 Å². The molecular formula is C8H12N2O2. The molecule has 1 atom stereocenters. The van der Waals surface area contributed by atoms with Gasteiger partial charge in [0.2, 0.25) is 0 Å². The van der Waals surface area contributed by atoms with E-state index in [4.69, 9.17) is 5.11 Å². The molecule has 66 valence electrons. The zero-order chi connectivity index (χ0) is 9.14. The van der Waals surface area contributed by atoms with Crippen LogP contribution in [0.25, 0.3) is 0 Å². The molecule has 0 aromatic rings. The van der Waals surface area contributed by atoms with Crippen molar-refractivity contribution < 1.29 is 9.90 Å². The summed E-state index contributed by atoms with van der Waals surface area (Å²) in [7, 11) is 3.61. The maximum absolute atomic E-state index is 10.7. The van der Waals surface area contributed by atoms with Crippen LogP contribution >= 0.6 is 0 Å². The number of allylic oxidation sites excluding steroid dienone is 2. The number of nitrogens with zero attached hydrogens (tertiary/aromatic N) is 2. The van der Waals surface area contributed by atoms with Gasteiger partial charge >= 0.3 is 5.97 Å². The Hall–Kier alpha value is -1.29. The van der Waals surface area contributed by atoms with E-state index in [2.05, 4.69) is 0 Å². The first kappa shape index (κ1) is 8.80. The number of hydrogen-bond donors (Lipinski definition) is 1. The van der Waals surface area contributed by atoms with Crippen molar-refractivity contribution in [3.05, 3.63) is 24.4 Å². The molecule has 1 heterocycles. The first-order valence-corrected chi connectivity index (χ1v) is 3.66. The maximum Gasteiger partial charge on any atom is 0.331 e. The summed E-state index contributed by atoms with van der Waals surface area (Å²) < 4.78 is 0. The number of carbonyl (C=O) groups is 1. The summed E-state index contributed by atoms with van der Waals surface area (Å²) in [5.74, 6) is -0.843. The normalized spacial score (nSPS) is 21.9. The first-order valence-electron chi connectivity index (χ1n) is 3.66. The number of hydrogen-bond acceptors (Lipinski definition) is 3. The lowest BCUT2D eigenvalue weighted by atomic mass is 10.2. The van der Waals surface area contributed by atoms with Gasteiger partial charge in [-0.15, -0.1) is 0 Å². The average molecular weight is 168 g/mol. The smallest absolute Gasteiger partial charge is 0.331 e. The lowest BCUT2D eigenvalue weighted by Crippen LogP contribution is -2.45. The van der Waals surface area contributed by atoms with Crippen molar-refractivity contribution >= 4 is 5.97 Å². The number of aliphatic carboxylic acids is 1. The summed E-state index contributed by atoms with van der Waals surface area (Å²) in [4.78, 5) is 10.7. The van der Waals surface area contributed by atoms with E-state index in [0.29, 0.717) is 0 Å². The Morgan fingerprint density at radius 2 is 2.17 bits per heavy atom. The van der Waals surface area contributed by atoms with Gasteiger partial charge in [-0.2, -0.15) is 0 Å². The predicted octanol–water partition coefficient (Wildman–Crippen LogP) is 0.302. The highest BCUT2D eigenvalue weighted by atomic mass is 16.4. The molecule has 0 bridgehead atoms. The Balaban J connectivity index is 2.77. The fourth-order valence-corrected chi connectivity index (χ4v) is 1.07. The standard InChI is InChI=1S/C8H12N2O2/c1-9(2)10-6-4-3-5-7(10)8(11)12/h3-7H,1-2H3,(H,11,12). The van der Waals surface area contributed by atoms with Crippen LogP contribution < -0.4 is 0 Å². The second-order valence-electron chi connectivity index (χ2n) is 2.74. The molecule has 4 heteroatoms. The minimum Gasteiger partial charge on any atom is -0.479 e. The van der Waals surface area contributed by atoms with Crippen molar-refractivity contribution in [1.29, 1.82) is 0 Å². The van der Waals surface area contributed by atoms with Gasteiger partial charge in [0, 0.05) is 20.3 Å². The molecule has 1 aliphatic heterocycles. The quantitative estimate of drug-likeness (QED) is 0.644. The van der Waals surface area contributed by atoms with Crippen LogP contribution in [-0.4, -0.2) is 41.2 Å². The second-order valence-corrected chi connectivity index (χ2v) is 2.74. The highest BCUT2D eigenvalue weighted by molar-refractivity contribution is 5.76. The van der Waals surface area contributed by atoms with E-state index in [0.717, 1.165) is 0 Å². The van der Waals surface area contributed by atoms with Crippen molar-refractivity contribution in [2.75, 3.05) is 14.1 Å². The molecule has 1 unspecified atom stereocenters. The van der Waals surface area contributed by atoms with Crippen LogP contribution in [0, 0.1) is 0 Å². The van der Waals surface area contributed by atoms with Crippen LogP contribution in [0.1, 0.15) is 0 Å². The molecule has 0 saturated heterocycles. The van der Waals surface area contributed by atoms with E-state index >= 15 is 0 Å². The Kier molecular flexibility index (Phi) is 2.50. The maximum atomic E-state index is 10.7. The fourth-order valence-electron chi connectivity index (χ4n) is 1.07. The van der Waals surface area contributed by atoms with Gasteiger partial charge in [0.15, 0.2) is 6.04 Å². The number of carboxylic acid groups (broad SMARTS) is 1. The van der Waals surface area contributed by atoms with E-state index in [9.17, 15) is 4.79 Å². The van der Waals surface area contributed by atoms with Gasteiger partial charge in [0.05, 0.1) is 0 Å². The summed E-state index contributed by atoms with van der Waals surface area (Å²) in [6, 6.07) is -0.579. The minimum atomic E-state index is -0.843. The molecule has 1 N–H and O–H groups in total. The highest BCUT2D eigenvalue weighted by Gasteiger charge is 2.22. The zero-order valence-electron chi connectivity index (χ0n) is 7.14. The molecule has 0 aromatic heterocycles. The molecule has 12 heavy (non-hydrogen) atoms. The Morgan fingerprint density at radius 3 is 2.58 bits per heavy atom. The molecule has 4 nitrogen and oxygen atoms in total. The average Bonchev–Trinajstić information content (AvgIpc) is 2.04. The van der Waals surface area contributed by atoms with Crippen LogP contribution in [0.2, 0.25) is 0 Å². The Morgan fingerprint density at radius 1 is 1.50 bits per heavy atom. The van der Waals surface area contributed by atoms with Crippen LogP contribution in [0.15, 0.2) is 24.4 Å². The third-order valence-electron chi connectivity index (χ3n) is 1.64. The van der Waals surface area contributed by atoms with Gasteiger partial charge in [0.1, 0.15) is 0 Å². The summed E-state index contributed by atoms with van der Waals surface area (Å²) in [6.07, 6.45) is 6.92. The minimum absolute atomic E-state index is 0.579. The zero-order valence-corrected chi connectivity index (χ0v) is 7.14. The van der Waals surface area contributed by atoms with E-state index < -0.39 is 12.0 Å². The third-order valence-corrected chi connectivity index (χ3v) is 1.64. The summed E-state index contributed by atoms with van der Waals surface area (Å²) >= 11 is 0. The molecular weight excluding hydrogens is 156 g/mol. The fraction of sp³-hybridized carbons (Fsp3) is 0.375. The molecule has 0 fully saturated rings. The molecule has 1 rings (SSSR count). The van der Waals surface area contributed by atoms with Crippen molar-refractivity contribution in [2.45, 2.75) is 6.04 Å². The lowest BCUT2D eigenvalue weighted by molar-refractivity contribution is -0.144. The van der Waals surface area contributed by atoms with Crippen molar-refractivity contribution in [3.63, 3.8) is 0 Å². The summed E-state index contributed by atoms with van der Waals surface area (Å²) in [5, 5.41) is 12.2. The summed E-state index contributed by atoms with van der Waals surface area (Å²) in [5.41, 5.74) is 0. The van der Waals surface area contributed by atoms with Crippen molar-refractivity contribution in [2.24, 2.45) is 0 Å². The third kappa shape index (κ3) is 1.65. The molecule has 0 amide bonds. The van der Waals surface area contributed by atoms with Crippen LogP contribution in [0.5, 0.6) is 0 Å². The molecule has 0 spiro atoms. The van der Waals surface area contributed by atoms with E-state index in [1.54, 1.807) is 48.5 Å². The van der Waals surface area contributed by atoms with Crippen molar-refractivity contribution in [1.82, 2.24) is 10.0 Å². The largest absolute Gasteiger partial charge is 0.479 e. The van der Waals surface area contributed by atoms with Gasteiger partial charge in [-0.25, -0.2) is 9.80 Å². The van der Waals surface area contributed by atoms with Crippen LogP contribution in [-0.2, 0) is 4.79 Å². The van der Waals surface area contributed by atoms with Crippen molar-refractivity contribution in [3.8, 4) is 0 Å². The summed E-state index contributed by atoms with van der Waals surface area (Å²) in [6.45, 7) is 0. The SMILES string of the molecule is CN(C)N1C=CC=CC1C(=O)O. The monoisotopic (exact) mass is 168 g/mol. The van der Waals surface area contributed by atoms with E-state index in [1.165, 1.54) is 0 Å². The Bertz CT molecular complexity index is 233. The predicted molar refractivity (Wildman–Crippen MR) is 45.2 cm³/mol. The topological polar surface area (TPSA) is 43.8 Å². The van der Waals surface area contributed by atoms with Gasteiger partial charge in [-0.05, 0) is 12.2 Å². The van der Waals surface area contributed by atoms with E-state index in [-0.39, 0.29) is 0 Å². The van der Waals surface area contributed by atoms with Gasteiger partial charge in [-0.1, -0.05) is 6.08 Å². The second kappa shape index (κ2) is 3.40. The molecule has 0 aliphatic carbocycles. The number of rotatable bonds is 2. The first-order chi connectivity index (χ1) is 5.63. The molecule has 0 saturated carbocycles.